The molecule has 0 aliphatic carbocycles. The molecule has 84 valence electrons. The Morgan fingerprint density at radius 1 is 1.25 bits per heavy atom. The summed E-state index contributed by atoms with van der Waals surface area (Å²) in [6.45, 7) is 3.76. The van der Waals surface area contributed by atoms with Crippen molar-refractivity contribution in [3.63, 3.8) is 0 Å². The van der Waals surface area contributed by atoms with Crippen LogP contribution in [0, 0.1) is 0 Å². The van der Waals surface area contributed by atoms with E-state index < -0.39 is 0 Å². The lowest BCUT2D eigenvalue weighted by Crippen LogP contribution is -2.35. The van der Waals surface area contributed by atoms with E-state index in [0.29, 0.717) is 0 Å². The van der Waals surface area contributed by atoms with E-state index in [9.17, 15) is 9.59 Å². The lowest BCUT2D eigenvalue weighted by molar-refractivity contribution is -0.130. The van der Waals surface area contributed by atoms with E-state index in [1.165, 1.54) is 0 Å². The highest BCUT2D eigenvalue weighted by Crippen LogP contribution is 2.27. The number of rotatable bonds is 2. The van der Waals surface area contributed by atoms with E-state index in [1.807, 2.05) is 37.3 Å². The van der Waals surface area contributed by atoms with Gasteiger partial charge in [-0.25, -0.2) is 0 Å². The standard InChI is InChI=1S/C13H15NO2/c1-9(11-6-4-3-5-7-11)14-10(2)12(15)8-13(14)16/h3-7,9-10H,8H2,1-2H3/t9-,10-/m0/s1. The normalized spacial score (nSPS) is 22.6. The topological polar surface area (TPSA) is 37.4 Å². The lowest BCUT2D eigenvalue weighted by atomic mass is 10.1. The van der Waals surface area contributed by atoms with Gasteiger partial charge in [-0.1, -0.05) is 30.3 Å². The third-order valence-corrected chi connectivity index (χ3v) is 3.20. The first-order valence-corrected chi connectivity index (χ1v) is 5.50. The SMILES string of the molecule is C[C@H]1C(=O)CC(=O)N1[C@@H](C)c1ccccc1. The van der Waals surface area contributed by atoms with Gasteiger partial charge in [0.05, 0.1) is 18.5 Å². The van der Waals surface area contributed by atoms with Crippen molar-refractivity contribution >= 4 is 11.7 Å². The molecule has 2 rings (SSSR count). The Bertz CT molecular complexity index is 413. The number of likely N-dealkylation sites (tertiary alicyclic amines) is 1. The van der Waals surface area contributed by atoms with Crippen LogP contribution in [0.5, 0.6) is 0 Å². The summed E-state index contributed by atoms with van der Waals surface area (Å²) in [7, 11) is 0. The average Bonchev–Trinajstić information content (AvgIpc) is 2.54. The highest BCUT2D eigenvalue weighted by Gasteiger charge is 2.38. The molecule has 0 N–H and O–H groups in total. The van der Waals surface area contributed by atoms with Crippen LogP contribution in [0.25, 0.3) is 0 Å². The quantitative estimate of drug-likeness (QED) is 0.710. The van der Waals surface area contributed by atoms with Gasteiger partial charge < -0.3 is 4.90 Å². The molecule has 1 saturated heterocycles. The summed E-state index contributed by atoms with van der Waals surface area (Å²) in [5.41, 5.74) is 1.07. The van der Waals surface area contributed by atoms with Crippen molar-refractivity contribution in [3.05, 3.63) is 35.9 Å². The van der Waals surface area contributed by atoms with Gasteiger partial charge >= 0.3 is 0 Å². The lowest BCUT2D eigenvalue weighted by Gasteiger charge is -2.28. The van der Waals surface area contributed by atoms with Crippen LogP contribution < -0.4 is 0 Å². The predicted octanol–water partition coefficient (Wildman–Crippen LogP) is 1.94. The number of Topliss-reactive ketones (excluding diaryl/α,β-unsaturated/α-hetero) is 1. The number of benzene rings is 1. The second-order valence-corrected chi connectivity index (χ2v) is 4.21. The zero-order valence-corrected chi connectivity index (χ0v) is 9.51. The third-order valence-electron chi connectivity index (χ3n) is 3.20. The molecule has 0 unspecified atom stereocenters. The predicted molar refractivity (Wildman–Crippen MR) is 60.8 cm³/mol. The molecule has 1 aromatic rings. The summed E-state index contributed by atoms with van der Waals surface area (Å²) in [6.07, 6.45) is 0.0539. The Labute approximate surface area is 95.1 Å². The van der Waals surface area contributed by atoms with Gasteiger partial charge in [0.25, 0.3) is 0 Å². The van der Waals surface area contributed by atoms with E-state index in [2.05, 4.69) is 0 Å². The summed E-state index contributed by atoms with van der Waals surface area (Å²) in [6, 6.07) is 9.47. The number of amides is 1. The molecule has 0 bridgehead atoms. The summed E-state index contributed by atoms with van der Waals surface area (Å²) >= 11 is 0. The van der Waals surface area contributed by atoms with E-state index in [4.69, 9.17) is 0 Å². The van der Waals surface area contributed by atoms with Crippen LogP contribution in [0.15, 0.2) is 30.3 Å². The Balaban J connectivity index is 2.26. The zero-order valence-electron chi connectivity index (χ0n) is 9.51. The van der Waals surface area contributed by atoms with Gasteiger partial charge in [0, 0.05) is 0 Å². The molecule has 1 amide bonds. The molecule has 1 aliphatic heterocycles. The van der Waals surface area contributed by atoms with Crippen molar-refractivity contribution in [2.24, 2.45) is 0 Å². The highest BCUT2D eigenvalue weighted by molar-refractivity contribution is 6.07. The van der Waals surface area contributed by atoms with Gasteiger partial charge in [-0.3, -0.25) is 9.59 Å². The van der Waals surface area contributed by atoms with Gasteiger partial charge in [-0.2, -0.15) is 0 Å². The van der Waals surface area contributed by atoms with Crippen LogP contribution in [0.4, 0.5) is 0 Å². The third kappa shape index (κ3) is 1.73. The molecule has 1 aliphatic rings. The Morgan fingerprint density at radius 2 is 1.88 bits per heavy atom. The smallest absolute Gasteiger partial charge is 0.231 e. The molecular weight excluding hydrogens is 202 g/mol. The molecule has 3 heteroatoms. The summed E-state index contributed by atoms with van der Waals surface area (Å²) < 4.78 is 0. The first-order valence-electron chi connectivity index (χ1n) is 5.50. The fourth-order valence-electron chi connectivity index (χ4n) is 2.20. The number of ketones is 1. The molecular formula is C13H15NO2. The van der Waals surface area contributed by atoms with Crippen molar-refractivity contribution in [2.75, 3.05) is 0 Å². The number of hydrogen-bond acceptors (Lipinski definition) is 2. The van der Waals surface area contributed by atoms with Crippen molar-refractivity contribution in [3.8, 4) is 0 Å². The molecule has 3 nitrogen and oxygen atoms in total. The van der Waals surface area contributed by atoms with Gasteiger partial charge in [-0.15, -0.1) is 0 Å². The van der Waals surface area contributed by atoms with Crippen LogP contribution in [0.2, 0.25) is 0 Å². The van der Waals surface area contributed by atoms with E-state index >= 15 is 0 Å². The summed E-state index contributed by atoms with van der Waals surface area (Å²) in [5.74, 6) is -0.0402. The molecule has 1 aromatic carbocycles. The van der Waals surface area contributed by atoms with Gasteiger partial charge in [0.2, 0.25) is 5.91 Å². The molecule has 1 heterocycles. The van der Waals surface area contributed by atoms with Crippen molar-refractivity contribution in [1.82, 2.24) is 4.90 Å². The van der Waals surface area contributed by atoms with E-state index in [0.717, 1.165) is 5.56 Å². The molecule has 16 heavy (non-hydrogen) atoms. The Hall–Kier alpha value is -1.64. The van der Waals surface area contributed by atoms with E-state index in [-0.39, 0.29) is 30.2 Å². The minimum Gasteiger partial charge on any atom is -0.326 e. The van der Waals surface area contributed by atoms with Gasteiger partial charge in [0.15, 0.2) is 5.78 Å². The molecule has 0 radical (unpaired) electrons. The summed E-state index contributed by atoms with van der Waals surface area (Å²) in [4.78, 5) is 24.9. The van der Waals surface area contributed by atoms with Gasteiger partial charge in [0.1, 0.15) is 0 Å². The molecule has 0 aromatic heterocycles. The minimum atomic E-state index is -0.289. The van der Waals surface area contributed by atoms with Crippen LogP contribution in [0.1, 0.15) is 31.9 Å². The monoisotopic (exact) mass is 217 g/mol. The Kier molecular flexibility index (Phi) is 2.77. The maximum absolute atomic E-state index is 11.7. The van der Waals surface area contributed by atoms with Crippen LogP contribution in [-0.4, -0.2) is 22.6 Å². The fourth-order valence-corrected chi connectivity index (χ4v) is 2.20. The second kappa shape index (κ2) is 4.08. The first kappa shape index (κ1) is 10.9. The Morgan fingerprint density at radius 3 is 2.38 bits per heavy atom. The fraction of sp³-hybridized carbons (Fsp3) is 0.385. The van der Waals surface area contributed by atoms with Crippen LogP contribution in [0.3, 0.4) is 0 Å². The largest absolute Gasteiger partial charge is 0.326 e. The van der Waals surface area contributed by atoms with Crippen LogP contribution >= 0.6 is 0 Å². The molecule has 0 saturated carbocycles. The zero-order chi connectivity index (χ0) is 11.7. The molecule has 0 spiro atoms. The molecule has 2 atom stereocenters. The highest BCUT2D eigenvalue weighted by atomic mass is 16.2. The number of hydrogen-bond donors (Lipinski definition) is 0. The molecule has 1 fully saturated rings. The number of nitrogens with zero attached hydrogens (tertiary/aromatic N) is 1. The van der Waals surface area contributed by atoms with Crippen molar-refractivity contribution in [1.29, 1.82) is 0 Å². The maximum atomic E-state index is 11.7. The van der Waals surface area contributed by atoms with Gasteiger partial charge in [-0.05, 0) is 19.4 Å². The van der Waals surface area contributed by atoms with E-state index in [1.54, 1.807) is 11.8 Å². The summed E-state index contributed by atoms with van der Waals surface area (Å²) in [5, 5.41) is 0. The first-order chi connectivity index (χ1) is 7.61. The average molecular weight is 217 g/mol. The maximum Gasteiger partial charge on any atom is 0.231 e. The van der Waals surface area contributed by atoms with Crippen molar-refractivity contribution in [2.45, 2.75) is 32.4 Å². The minimum absolute atomic E-state index is 0.0211. The van der Waals surface area contributed by atoms with Crippen molar-refractivity contribution < 1.29 is 9.59 Å². The number of carbonyl (C=O) groups is 2. The number of carbonyl (C=O) groups excluding carboxylic acids is 2. The van der Waals surface area contributed by atoms with Crippen LogP contribution in [-0.2, 0) is 9.59 Å². The second-order valence-electron chi connectivity index (χ2n) is 4.21.